The maximum atomic E-state index is 12.4. The van der Waals surface area contributed by atoms with Crippen molar-refractivity contribution in [2.75, 3.05) is 32.1 Å². The molecule has 5 nitrogen and oxygen atoms in total. The third kappa shape index (κ3) is 4.35. The molecule has 0 aliphatic carbocycles. The summed E-state index contributed by atoms with van der Waals surface area (Å²) < 4.78 is 11.8. The standard InChI is InChI=1S/C15H21BrN2O3/c1-3-21-12-5-4-8-18(10-12)15(19)17-13-9-11(16)6-7-14(13)20-2/h6-7,9,12H,3-5,8,10H2,1-2H3,(H,17,19). The summed E-state index contributed by atoms with van der Waals surface area (Å²) in [4.78, 5) is 14.2. The van der Waals surface area contributed by atoms with Crippen LogP contribution in [-0.2, 0) is 4.74 Å². The van der Waals surface area contributed by atoms with Crippen LogP contribution in [0.4, 0.5) is 10.5 Å². The Kier molecular flexibility index (Phi) is 5.87. The smallest absolute Gasteiger partial charge is 0.322 e. The fourth-order valence-corrected chi connectivity index (χ4v) is 2.83. The zero-order valence-corrected chi connectivity index (χ0v) is 14.0. The van der Waals surface area contributed by atoms with Crippen LogP contribution < -0.4 is 10.1 Å². The molecule has 1 saturated heterocycles. The molecule has 1 aromatic carbocycles. The molecule has 0 spiro atoms. The maximum Gasteiger partial charge on any atom is 0.322 e. The summed E-state index contributed by atoms with van der Waals surface area (Å²) in [5.74, 6) is 0.643. The number of anilines is 1. The summed E-state index contributed by atoms with van der Waals surface area (Å²) in [6.45, 7) is 4.05. The van der Waals surface area contributed by atoms with E-state index >= 15 is 0 Å². The van der Waals surface area contributed by atoms with Crippen LogP contribution in [0.3, 0.4) is 0 Å². The normalized spacial score (nSPS) is 18.4. The molecule has 1 N–H and O–H groups in total. The van der Waals surface area contributed by atoms with E-state index in [0.717, 1.165) is 23.9 Å². The second kappa shape index (κ2) is 7.66. The number of benzene rings is 1. The first-order valence-electron chi connectivity index (χ1n) is 7.15. The first kappa shape index (κ1) is 16.1. The van der Waals surface area contributed by atoms with Crippen LogP contribution in [-0.4, -0.2) is 43.8 Å². The molecule has 6 heteroatoms. The van der Waals surface area contributed by atoms with Gasteiger partial charge in [0.05, 0.1) is 18.9 Å². The first-order valence-corrected chi connectivity index (χ1v) is 7.94. The fourth-order valence-electron chi connectivity index (χ4n) is 2.47. The number of amides is 2. The molecular formula is C15H21BrN2O3. The Balaban J connectivity index is 2.02. The minimum atomic E-state index is -0.115. The van der Waals surface area contributed by atoms with Crippen molar-refractivity contribution in [1.82, 2.24) is 4.90 Å². The topological polar surface area (TPSA) is 50.8 Å². The largest absolute Gasteiger partial charge is 0.495 e. The Labute approximate surface area is 133 Å². The lowest BCUT2D eigenvalue weighted by Crippen LogP contribution is -2.45. The Bertz CT molecular complexity index is 494. The van der Waals surface area contributed by atoms with Crippen molar-refractivity contribution in [1.29, 1.82) is 0 Å². The molecule has 0 aromatic heterocycles. The number of nitrogens with zero attached hydrogens (tertiary/aromatic N) is 1. The number of likely N-dealkylation sites (tertiary alicyclic amines) is 1. The van der Waals surface area contributed by atoms with Gasteiger partial charge in [-0.2, -0.15) is 0 Å². The second-order valence-corrected chi connectivity index (χ2v) is 5.86. The molecule has 21 heavy (non-hydrogen) atoms. The zero-order chi connectivity index (χ0) is 15.2. The van der Waals surface area contributed by atoms with E-state index in [4.69, 9.17) is 9.47 Å². The highest BCUT2D eigenvalue weighted by Crippen LogP contribution is 2.28. The van der Waals surface area contributed by atoms with Gasteiger partial charge in [0.2, 0.25) is 0 Å². The molecule has 1 aliphatic rings. The molecule has 1 heterocycles. The van der Waals surface area contributed by atoms with E-state index in [9.17, 15) is 4.79 Å². The van der Waals surface area contributed by atoms with Gasteiger partial charge in [-0.1, -0.05) is 15.9 Å². The number of carbonyl (C=O) groups is 1. The number of methoxy groups -OCH3 is 1. The summed E-state index contributed by atoms with van der Waals surface area (Å²) in [6, 6.07) is 5.41. The van der Waals surface area contributed by atoms with Gasteiger partial charge in [0, 0.05) is 24.2 Å². The summed E-state index contributed by atoms with van der Waals surface area (Å²) >= 11 is 3.40. The molecule has 0 saturated carbocycles. The van der Waals surface area contributed by atoms with E-state index in [1.165, 1.54) is 0 Å². The number of urea groups is 1. The fraction of sp³-hybridized carbons (Fsp3) is 0.533. The van der Waals surface area contributed by atoms with E-state index < -0.39 is 0 Å². The number of hydrogen-bond donors (Lipinski definition) is 1. The summed E-state index contributed by atoms with van der Waals surface area (Å²) in [7, 11) is 1.59. The van der Waals surface area contributed by atoms with Crippen LogP contribution >= 0.6 is 15.9 Å². The molecule has 116 valence electrons. The summed E-state index contributed by atoms with van der Waals surface area (Å²) in [5, 5.41) is 2.91. The number of nitrogens with one attached hydrogen (secondary N) is 1. The van der Waals surface area contributed by atoms with E-state index in [-0.39, 0.29) is 12.1 Å². The Morgan fingerprint density at radius 2 is 2.33 bits per heavy atom. The van der Waals surface area contributed by atoms with Crippen molar-refractivity contribution in [2.24, 2.45) is 0 Å². The van der Waals surface area contributed by atoms with Crippen LogP contribution in [0.15, 0.2) is 22.7 Å². The van der Waals surface area contributed by atoms with Gasteiger partial charge in [0.25, 0.3) is 0 Å². The molecule has 1 aliphatic heterocycles. The lowest BCUT2D eigenvalue weighted by Gasteiger charge is -2.32. The average molecular weight is 357 g/mol. The molecule has 1 fully saturated rings. The van der Waals surface area contributed by atoms with Crippen molar-refractivity contribution >= 4 is 27.6 Å². The highest BCUT2D eigenvalue weighted by atomic mass is 79.9. The van der Waals surface area contributed by atoms with E-state index in [2.05, 4.69) is 21.2 Å². The van der Waals surface area contributed by atoms with Crippen LogP contribution in [0, 0.1) is 0 Å². The third-order valence-corrected chi connectivity index (χ3v) is 3.96. The molecule has 2 rings (SSSR count). The van der Waals surface area contributed by atoms with E-state index in [1.54, 1.807) is 12.0 Å². The lowest BCUT2D eigenvalue weighted by atomic mass is 10.1. The Morgan fingerprint density at radius 1 is 1.52 bits per heavy atom. The van der Waals surface area contributed by atoms with Crippen LogP contribution in [0.2, 0.25) is 0 Å². The number of ether oxygens (including phenoxy) is 2. The highest BCUT2D eigenvalue weighted by Gasteiger charge is 2.24. The number of hydrogen-bond acceptors (Lipinski definition) is 3. The van der Waals surface area contributed by atoms with Crippen molar-refractivity contribution < 1.29 is 14.3 Å². The Hall–Kier alpha value is -1.27. The lowest BCUT2D eigenvalue weighted by molar-refractivity contribution is 0.0181. The second-order valence-electron chi connectivity index (χ2n) is 4.94. The highest BCUT2D eigenvalue weighted by molar-refractivity contribution is 9.10. The quantitative estimate of drug-likeness (QED) is 0.898. The van der Waals surface area contributed by atoms with Gasteiger partial charge < -0.3 is 19.7 Å². The first-order chi connectivity index (χ1) is 10.1. The van der Waals surface area contributed by atoms with Gasteiger partial charge >= 0.3 is 6.03 Å². The van der Waals surface area contributed by atoms with Crippen molar-refractivity contribution in [3.8, 4) is 5.75 Å². The summed E-state index contributed by atoms with van der Waals surface area (Å²) in [5.41, 5.74) is 0.662. The van der Waals surface area contributed by atoms with Gasteiger partial charge in [-0.25, -0.2) is 4.79 Å². The van der Waals surface area contributed by atoms with E-state index in [1.807, 2.05) is 25.1 Å². The van der Waals surface area contributed by atoms with Gasteiger partial charge in [-0.3, -0.25) is 0 Å². The van der Waals surface area contributed by atoms with Crippen molar-refractivity contribution in [3.05, 3.63) is 22.7 Å². The average Bonchev–Trinajstić information content (AvgIpc) is 2.48. The predicted octanol–water partition coefficient (Wildman–Crippen LogP) is 3.49. The predicted molar refractivity (Wildman–Crippen MR) is 85.9 cm³/mol. The SMILES string of the molecule is CCOC1CCCN(C(=O)Nc2cc(Br)ccc2OC)C1. The number of piperidine rings is 1. The molecule has 1 atom stereocenters. The number of carbonyl (C=O) groups excluding carboxylic acids is 1. The van der Waals surface area contributed by atoms with Gasteiger partial charge in [-0.05, 0) is 38.0 Å². The number of halogens is 1. The molecule has 0 radical (unpaired) electrons. The summed E-state index contributed by atoms with van der Waals surface area (Å²) in [6.07, 6.45) is 2.12. The van der Waals surface area contributed by atoms with Crippen molar-refractivity contribution in [3.63, 3.8) is 0 Å². The molecule has 1 aromatic rings. The van der Waals surface area contributed by atoms with Gasteiger partial charge in [0.15, 0.2) is 0 Å². The molecule has 2 amide bonds. The third-order valence-electron chi connectivity index (χ3n) is 3.47. The Morgan fingerprint density at radius 3 is 3.05 bits per heavy atom. The minimum absolute atomic E-state index is 0.115. The zero-order valence-electron chi connectivity index (χ0n) is 12.4. The molecule has 0 bridgehead atoms. The van der Waals surface area contributed by atoms with Crippen LogP contribution in [0.5, 0.6) is 5.75 Å². The van der Waals surface area contributed by atoms with Crippen LogP contribution in [0.25, 0.3) is 0 Å². The van der Waals surface area contributed by atoms with Crippen molar-refractivity contribution in [2.45, 2.75) is 25.9 Å². The monoisotopic (exact) mass is 356 g/mol. The van der Waals surface area contributed by atoms with Gasteiger partial charge in [0.1, 0.15) is 5.75 Å². The maximum absolute atomic E-state index is 12.4. The van der Waals surface area contributed by atoms with Gasteiger partial charge in [-0.15, -0.1) is 0 Å². The molecular weight excluding hydrogens is 336 g/mol. The minimum Gasteiger partial charge on any atom is -0.495 e. The van der Waals surface area contributed by atoms with Crippen LogP contribution in [0.1, 0.15) is 19.8 Å². The number of rotatable bonds is 4. The molecule has 1 unspecified atom stereocenters. The van der Waals surface area contributed by atoms with E-state index in [0.29, 0.717) is 24.6 Å².